The highest BCUT2D eigenvalue weighted by atomic mass is 19.1. The van der Waals surface area contributed by atoms with Crippen molar-refractivity contribution < 1.29 is 4.39 Å². The van der Waals surface area contributed by atoms with Crippen molar-refractivity contribution in [2.75, 3.05) is 0 Å². The quantitative estimate of drug-likeness (QED) is 0.647. The molecule has 0 aliphatic rings. The SMILES string of the molecule is CCC.CCc1ncc(F)cn1. The van der Waals surface area contributed by atoms with Gasteiger partial charge in [0.05, 0.1) is 12.4 Å². The molecule has 0 fully saturated rings. The van der Waals surface area contributed by atoms with E-state index < -0.39 is 0 Å². The van der Waals surface area contributed by atoms with Crippen LogP contribution in [0.15, 0.2) is 12.4 Å². The minimum absolute atomic E-state index is 0.382. The van der Waals surface area contributed by atoms with Crippen LogP contribution in [0.25, 0.3) is 0 Å². The molecule has 0 amide bonds. The number of aryl methyl sites for hydroxylation is 1. The first-order valence-corrected chi connectivity index (χ1v) is 4.20. The second-order valence-corrected chi connectivity index (χ2v) is 2.38. The first-order chi connectivity index (χ1) is 5.74. The molecular weight excluding hydrogens is 155 g/mol. The average Bonchev–Trinajstić information content (AvgIpc) is 2.07. The van der Waals surface area contributed by atoms with E-state index in [9.17, 15) is 4.39 Å². The summed E-state index contributed by atoms with van der Waals surface area (Å²) in [5.74, 6) is 0.295. The summed E-state index contributed by atoms with van der Waals surface area (Å²) in [5, 5.41) is 0. The molecule has 0 saturated carbocycles. The third-order valence-corrected chi connectivity index (χ3v) is 0.990. The van der Waals surface area contributed by atoms with Crippen LogP contribution in [0.5, 0.6) is 0 Å². The summed E-state index contributed by atoms with van der Waals surface area (Å²) in [6, 6.07) is 0. The first kappa shape index (κ1) is 11.0. The summed E-state index contributed by atoms with van der Waals surface area (Å²) in [7, 11) is 0. The van der Waals surface area contributed by atoms with Gasteiger partial charge >= 0.3 is 0 Å². The van der Waals surface area contributed by atoms with Gasteiger partial charge in [-0.05, 0) is 0 Å². The van der Waals surface area contributed by atoms with Crippen LogP contribution in [0.1, 0.15) is 33.0 Å². The molecule has 12 heavy (non-hydrogen) atoms. The molecule has 0 N–H and O–H groups in total. The highest BCUT2D eigenvalue weighted by Gasteiger charge is 1.90. The van der Waals surface area contributed by atoms with Gasteiger partial charge in [-0.2, -0.15) is 0 Å². The predicted molar refractivity (Wildman–Crippen MR) is 47.3 cm³/mol. The minimum Gasteiger partial charge on any atom is -0.238 e. The van der Waals surface area contributed by atoms with Gasteiger partial charge in [-0.3, -0.25) is 0 Å². The standard InChI is InChI=1S/C6H7FN2.C3H8/c1-2-6-8-3-5(7)4-9-6;1-3-2/h3-4H,2H2,1H3;3H2,1-2H3. The fourth-order valence-corrected chi connectivity index (χ4v) is 0.522. The van der Waals surface area contributed by atoms with Crippen molar-refractivity contribution in [2.45, 2.75) is 33.6 Å². The van der Waals surface area contributed by atoms with Crippen LogP contribution in [0.2, 0.25) is 0 Å². The molecule has 0 saturated heterocycles. The Morgan fingerprint density at radius 3 is 1.92 bits per heavy atom. The minimum atomic E-state index is -0.382. The molecular formula is C9H15FN2. The van der Waals surface area contributed by atoms with Crippen LogP contribution in [-0.4, -0.2) is 9.97 Å². The van der Waals surface area contributed by atoms with E-state index in [1.165, 1.54) is 18.8 Å². The molecule has 1 heterocycles. The normalized spacial score (nSPS) is 8.67. The Morgan fingerprint density at radius 1 is 1.17 bits per heavy atom. The zero-order chi connectivity index (χ0) is 9.40. The van der Waals surface area contributed by atoms with E-state index in [-0.39, 0.29) is 5.82 Å². The van der Waals surface area contributed by atoms with Crippen molar-refractivity contribution in [1.29, 1.82) is 0 Å². The van der Waals surface area contributed by atoms with E-state index in [0.29, 0.717) is 5.82 Å². The highest BCUT2D eigenvalue weighted by Crippen LogP contribution is 1.92. The van der Waals surface area contributed by atoms with Gasteiger partial charge in [-0.1, -0.05) is 27.2 Å². The largest absolute Gasteiger partial charge is 0.238 e. The average molecular weight is 170 g/mol. The van der Waals surface area contributed by atoms with Gasteiger partial charge in [0.25, 0.3) is 0 Å². The number of aromatic nitrogens is 2. The van der Waals surface area contributed by atoms with Crippen LogP contribution >= 0.6 is 0 Å². The maximum Gasteiger partial charge on any atom is 0.159 e. The Labute approximate surface area is 72.9 Å². The lowest BCUT2D eigenvalue weighted by Crippen LogP contribution is -1.91. The molecule has 0 bridgehead atoms. The topological polar surface area (TPSA) is 25.8 Å². The van der Waals surface area contributed by atoms with E-state index in [1.54, 1.807) is 0 Å². The van der Waals surface area contributed by atoms with Gasteiger partial charge in [0.15, 0.2) is 5.82 Å². The summed E-state index contributed by atoms with van der Waals surface area (Å²) < 4.78 is 12.1. The zero-order valence-electron chi connectivity index (χ0n) is 7.84. The number of hydrogen-bond donors (Lipinski definition) is 0. The lowest BCUT2D eigenvalue weighted by Gasteiger charge is -1.90. The molecule has 0 spiro atoms. The second kappa shape index (κ2) is 6.70. The third kappa shape index (κ3) is 4.77. The smallest absolute Gasteiger partial charge is 0.159 e. The van der Waals surface area contributed by atoms with E-state index in [2.05, 4.69) is 23.8 Å². The Balaban J connectivity index is 0.000000354. The third-order valence-electron chi connectivity index (χ3n) is 0.990. The van der Waals surface area contributed by atoms with Gasteiger partial charge in [0, 0.05) is 6.42 Å². The summed E-state index contributed by atoms with van der Waals surface area (Å²) in [5.41, 5.74) is 0. The molecule has 1 rings (SSSR count). The Morgan fingerprint density at radius 2 is 1.58 bits per heavy atom. The fourth-order valence-electron chi connectivity index (χ4n) is 0.522. The van der Waals surface area contributed by atoms with Crippen LogP contribution < -0.4 is 0 Å². The van der Waals surface area contributed by atoms with E-state index >= 15 is 0 Å². The van der Waals surface area contributed by atoms with Gasteiger partial charge in [0.2, 0.25) is 0 Å². The first-order valence-electron chi connectivity index (χ1n) is 4.20. The number of halogens is 1. The molecule has 68 valence electrons. The Bertz CT molecular complexity index is 196. The Kier molecular flexibility index (Phi) is 6.15. The van der Waals surface area contributed by atoms with Crippen LogP contribution in [0.3, 0.4) is 0 Å². The van der Waals surface area contributed by atoms with Gasteiger partial charge < -0.3 is 0 Å². The fraction of sp³-hybridized carbons (Fsp3) is 0.556. The maximum absolute atomic E-state index is 12.1. The molecule has 0 atom stereocenters. The van der Waals surface area contributed by atoms with Gasteiger partial charge in [-0.15, -0.1) is 0 Å². The second-order valence-electron chi connectivity index (χ2n) is 2.38. The van der Waals surface area contributed by atoms with E-state index in [0.717, 1.165) is 6.42 Å². The zero-order valence-corrected chi connectivity index (χ0v) is 7.84. The molecule has 0 aliphatic carbocycles. The van der Waals surface area contributed by atoms with Crippen LogP contribution in [-0.2, 0) is 6.42 Å². The maximum atomic E-state index is 12.1. The van der Waals surface area contributed by atoms with Crippen LogP contribution in [0.4, 0.5) is 4.39 Å². The number of nitrogens with zero attached hydrogens (tertiary/aromatic N) is 2. The highest BCUT2D eigenvalue weighted by molar-refractivity contribution is 4.90. The molecule has 2 nitrogen and oxygen atoms in total. The Hall–Kier alpha value is -0.990. The number of rotatable bonds is 1. The van der Waals surface area contributed by atoms with Crippen molar-refractivity contribution in [3.05, 3.63) is 24.0 Å². The summed E-state index contributed by atoms with van der Waals surface area (Å²) >= 11 is 0. The molecule has 0 radical (unpaired) electrons. The van der Waals surface area contributed by atoms with Crippen molar-refractivity contribution >= 4 is 0 Å². The summed E-state index contributed by atoms with van der Waals surface area (Å²) in [4.78, 5) is 7.42. The molecule has 1 aromatic heterocycles. The van der Waals surface area contributed by atoms with Gasteiger partial charge in [-0.25, -0.2) is 14.4 Å². The van der Waals surface area contributed by atoms with Crippen molar-refractivity contribution in [1.82, 2.24) is 9.97 Å². The molecule has 3 heteroatoms. The lowest BCUT2D eigenvalue weighted by molar-refractivity contribution is 0.609. The van der Waals surface area contributed by atoms with E-state index in [4.69, 9.17) is 0 Å². The summed E-state index contributed by atoms with van der Waals surface area (Å²) in [6.45, 7) is 6.17. The van der Waals surface area contributed by atoms with Crippen LogP contribution in [0, 0.1) is 5.82 Å². The van der Waals surface area contributed by atoms with Crippen molar-refractivity contribution in [3.8, 4) is 0 Å². The number of hydrogen-bond acceptors (Lipinski definition) is 2. The summed E-state index contributed by atoms with van der Waals surface area (Å²) in [6.07, 6.45) is 4.35. The van der Waals surface area contributed by atoms with E-state index in [1.807, 2.05) is 6.92 Å². The molecule has 0 aromatic carbocycles. The predicted octanol–water partition coefficient (Wildman–Crippen LogP) is 2.59. The molecule has 1 aromatic rings. The van der Waals surface area contributed by atoms with Crippen molar-refractivity contribution in [3.63, 3.8) is 0 Å². The molecule has 0 aliphatic heterocycles. The monoisotopic (exact) mass is 170 g/mol. The lowest BCUT2D eigenvalue weighted by atomic mass is 10.4. The van der Waals surface area contributed by atoms with Crippen molar-refractivity contribution in [2.24, 2.45) is 0 Å². The van der Waals surface area contributed by atoms with Gasteiger partial charge in [0.1, 0.15) is 5.82 Å². The molecule has 0 unspecified atom stereocenters.